The Balaban J connectivity index is 1.63. The van der Waals surface area contributed by atoms with Crippen molar-refractivity contribution in [1.82, 2.24) is 10.0 Å². The molecule has 0 aliphatic heterocycles. The molecule has 3 aromatic rings. The van der Waals surface area contributed by atoms with Crippen LogP contribution in [0.25, 0.3) is 10.8 Å². The minimum absolute atomic E-state index is 0.0623. The first-order valence-corrected chi connectivity index (χ1v) is 9.88. The van der Waals surface area contributed by atoms with E-state index in [1.807, 2.05) is 54.6 Å². The molecule has 0 unspecified atom stereocenters. The molecule has 0 aromatic heterocycles. The maximum Gasteiger partial charge on any atom is 0.251 e. The second kappa shape index (κ2) is 7.68. The van der Waals surface area contributed by atoms with Gasteiger partial charge in [-0.3, -0.25) is 4.79 Å². The molecule has 3 aromatic carbocycles. The van der Waals surface area contributed by atoms with Crippen LogP contribution in [0, 0.1) is 0 Å². The number of fused-ring (bicyclic) bond motifs is 1. The van der Waals surface area contributed by atoms with Crippen molar-refractivity contribution in [2.75, 3.05) is 7.05 Å². The van der Waals surface area contributed by atoms with Gasteiger partial charge in [-0.15, -0.1) is 0 Å². The molecule has 26 heavy (non-hydrogen) atoms. The van der Waals surface area contributed by atoms with E-state index >= 15 is 0 Å². The van der Waals surface area contributed by atoms with Crippen LogP contribution in [0.5, 0.6) is 0 Å². The van der Waals surface area contributed by atoms with Crippen molar-refractivity contribution in [3.8, 4) is 0 Å². The highest BCUT2D eigenvalue weighted by Gasteiger charge is 2.09. The second-order valence-electron chi connectivity index (χ2n) is 6.02. The van der Waals surface area contributed by atoms with Gasteiger partial charge in [0.1, 0.15) is 0 Å². The number of rotatable bonds is 6. The third-order valence-corrected chi connectivity index (χ3v) is 5.49. The highest BCUT2D eigenvalue weighted by Crippen LogP contribution is 2.15. The lowest BCUT2D eigenvalue weighted by molar-refractivity contribution is 0.0951. The molecule has 3 rings (SSSR count). The molecule has 0 saturated heterocycles. The van der Waals surface area contributed by atoms with Crippen molar-refractivity contribution in [2.24, 2.45) is 0 Å². The third-order valence-electron chi connectivity index (χ3n) is 4.16. The van der Waals surface area contributed by atoms with Crippen molar-refractivity contribution < 1.29 is 13.2 Å². The minimum atomic E-state index is -3.28. The zero-order valence-corrected chi connectivity index (χ0v) is 15.2. The van der Waals surface area contributed by atoms with E-state index in [1.165, 1.54) is 7.05 Å². The van der Waals surface area contributed by atoms with Crippen LogP contribution in [0.2, 0.25) is 0 Å². The van der Waals surface area contributed by atoms with E-state index in [9.17, 15) is 13.2 Å². The largest absolute Gasteiger partial charge is 0.348 e. The summed E-state index contributed by atoms with van der Waals surface area (Å²) in [5, 5.41) is 5.01. The molecular weight excluding hydrogens is 348 g/mol. The van der Waals surface area contributed by atoms with Crippen LogP contribution in [-0.2, 0) is 22.3 Å². The van der Waals surface area contributed by atoms with Gasteiger partial charge in [0.2, 0.25) is 10.0 Å². The van der Waals surface area contributed by atoms with Gasteiger partial charge in [-0.25, -0.2) is 13.1 Å². The molecule has 0 aliphatic rings. The quantitative estimate of drug-likeness (QED) is 0.702. The molecule has 0 aliphatic carbocycles. The van der Waals surface area contributed by atoms with Crippen molar-refractivity contribution in [3.63, 3.8) is 0 Å². The van der Waals surface area contributed by atoms with Crippen LogP contribution in [0.1, 0.15) is 21.5 Å². The van der Waals surface area contributed by atoms with E-state index < -0.39 is 10.0 Å². The van der Waals surface area contributed by atoms with Gasteiger partial charge in [-0.05, 0) is 41.1 Å². The molecule has 0 heterocycles. The lowest BCUT2D eigenvalue weighted by atomic mass is 10.1. The van der Waals surface area contributed by atoms with Crippen molar-refractivity contribution in [3.05, 3.63) is 83.4 Å². The first-order chi connectivity index (χ1) is 12.5. The number of hydrogen-bond donors (Lipinski definition) is 2. The van der Waals surface area contributed by atoms with Gasteiger partial charge in [-0.2, -0.15) is 0 Å². The average Bonchev–Trinajstić information content (AvgIpc) is 2.66. The van der Waals surface area contributed by atoms with Gasteiger partial charge in [0.15, 0.2) is 0 Å². The summed E-state index contributed by atoms with van der Waals surface area (Å²) in [6.07, 6.45) is 0. The Kier molecular flexibility index (Phi) is 5.35. The summed E-state index contributed by atoms with van der Waals surface area (Å²) in [6.45, 7) is 0.380. The van der Waals surface area contributed by atoms with E-state index in [1.54, 1.807) is 12.1 Å². The van der Waals surface area contributed by atoms with Crippen LogP contribution in [0.15, 0.2) is 66.7 Å². The Labute approximate surface area is 153 Å². The Hall–Kier alpha value is -2.70. The number of benzene rings is 3. The Morgan fingerprint density at radius 1 is 0.885 bits per heavy atom. The number of nitrogens with one attached hydrogen (secondary N) is 2. The molecule has 0 spiro atoms. The Morgan fingerprint density at radius 2 is 1.54 bits per heavy atom. The molecule has 0 radical (unpaired) electrons. The van der Waals surface area contributed by atoms with Crippen LogP contribution < -0.4 is 10.0 Å². The normalized spacial score (nSPS) is 11.4. The molecule has 1 amide bonds. The highest BCUT2D eigenvalue weighted by molar-refractivity contribution is 7.88. The van der Waals surface area contributed by atoms with Crippen molar-refractivity contribution in [1.29, 1.82) is 0 Å². The van der Waals surface area contributed by atoms with E-state index in [0.717, 1.165) is 16.3 Å². The van der Waals surface area contributed by atoms with Gasteiger partial charge >= 0.3 is 0 Å². The van der Waals surface area contributed by atoms with Crippen molar-refractivity contribution >= 4 is 26.7 Å². The SMILES string of the molecule is CNS(=O)(=O)Cc1ccc(CNC(=O)c2ccc3ccccc3c2)cc1. The Morgan fingerprint density at radius 3 is 2.23 bits per heavy atom. The summed E-state index contributed by atoms with van der Waals surface area (Å²) >= 11 is 0. The molecular formula is C20H20N2O3S. The zero-order valence-electron chi connectivity index (χ0n) is 14.4. The molecule has 0 saturated carbocycles. The summed E-state index contributed by atoms with van der Waals surface area (Å²) in [5.41, 5.74) is 2.22. The predicted molar refractivity (Wildman–Crippen MR) is 103 cm³/mol. The third kappa shape index (κ3) is 4.47. The standard InChI is InChI=1S/C20H20N2O3S/c1-21-26(24,25)14-16-8-6-15(7-9-16)13-22-20(23)19-11-10-17-4-2-3-5-18(17)12-19/h2-12,21H,13-14H2,1H3,(H,22,23). The van der Waals surface area contributed by atoms with Crippen LogP contribution in [0.4, 0.5) is 0 Å². The summed E-state index contributed by atoms with van der Waals surface area (Å²) in [5.74, 6) is -0.203. The fourth-order valence-corrected chi connectivity index (χ4v) is 3.44. The second-order valence-corrected chi connectivity index (χ2v) is 7.95. The first kappa shape index (κ1) is 18.1. The molecule has 2 N–H and O–H groups in total. The molecule has 134 valence electrons. The smallest absolute Gasteiger partial charge is 0.251 e. The lowest BCUT2D eigenvalue weighted by Crippen LogP contribution is -2.23. The summed E-state index contributed by atoms with van der Waals surface area (Å²) < 4.78 is 25.4. The number of amides is 1. The Bertz CT molecular complexity index is 1030. The van der Waals surface area contributed by atoms with E-state index in [2.05, 4.69) is 10.0 Å². The van der Waals surface area contributed by atoms with Gasteiger partial charge in [0, 0.05) is 12.1 Å². The van der Waals surface area contributed by atoms with E-state index in [-0.39, 0.29) is 11.7 Å². The highest BCUT2D eigenvalue weighted by atomic mass is 32.2. The first-order valence-electron chi connectivity index (χ1n) is 8.23. The molecule has 5 nitrogen and oxygen atoms in total. The minimum Gasteiger partial charge on any atom is -0.348 e. The van der Waals surface area contributed by atoms with Gasteiger partial charge in [-0.1, -0.05) is 54.6 Å². The number of sulfonamides is 1. The fourth-order valence-electron chi connectivity index (χ4n) is 2.66. The molecule has 6 heteroatoms. The van der Waals surface area contributed by atoms with Crippen LogP contribution in [0.3, 0.4) is 0 Å². The van der Waals surface area contributed by atoms with Gasteiger partial charge < -0.3 is 5.32 Å². The van der Waals surface area contributed by atoms with Crippen LogP contribution in [-0.4, -0.2) is 21.4 Å². The van der Waals surface area contributed by atoms with E-state index in [4.69, 9.17) is 0 Å². The number of carbonyl (C=O) groups excluding carboxylic acids is 1. The van der Waals surface area contributed by atoms with Crippen LogP contribution >= 0.6 is 0 Å². The van der Waals surface area contributed by atoms with Gasteiger partial charge in [0.25, 0.3) is 5.91 Å². The van der Waals surface area contributed by atoms with Crippen molar-refractivity contribution in [2.45, 2.75) is 12.3 Å². The molecule has 0 fully saturated rings. The summed E-state index contributed by atoms with van der Waals surface area (Å²) in [6, 6.07) is 20.7. The number of hydrogen-bond acceptors (Lipinski definition) is 3. The zero-order chi connectivity index (χ0) is 18.6. The predicted octanol–water partition coefficient (Wildman–Crippen LogP) is 2.82. The maximum atomic E-state index is 12.4. The topological polar surface area (TPSA) is 75.3 Å². The number of carbonyl (C=O) groups is 1. The average molecular weight is 368 g/mol. The molecule has 0 atom stereocenters. The van der Waals surface area contributed by atoms with Gasteiger partial charge in [0.05, 0.1) is 5.75 Å². The fraction of sp³-hybridized carbons (Fsp3) is 0.150. The maximum absolute atomic E-state index is 12.4. The summed E-state index contributed by atoms with van der Waals surface area (Å²) in [4.78, 5) is 12.4. The molecule has 0 bridgehead atoms. The van der Waals surface area contributed by atoms with E-state index in [0.29, 0.717) is 17.7 Å². The monoisotopic (exact) mass is 368 g/mol. The summed E-state index contributed by atoms with van der Waals surface area (Å²) in [7, 11) is -1.89. The lowest BCUT2D eigenvalue weighted by Gasteiger charge is -2.08.